The zero-order valence-corrected chi connectivity index (χ0v) is 11.9. The Balaban J connectivity index is 2.98. The molecule has 19 heavy (non-hydrogen) atoms. The zero-order valence-electron chi connectivity index (χ0n) is 11.1. The number of hydrogen-bond donors (Lipinski definition) is 2. The summed E-state index contributed by atoms with van der Waals surface area (Å²) < 4.78 is 39.5. The van der Waals surface area contributed by atoms with Crippen molar-refractivity contribution in [3.8, 4) is 0 Å². The molecule has 0 radical (unpaired) electrons. The number of sulfonamides is 1. The molecule has 0 aliphatic heterocycles. The molecule has 0 saturated heterocycles. The van der Waals surface area contributed by atoms with Gasteiger partial charge < -0.3 is 5.32 Å². The van der Waals surface area contributed by atoms with Gasteiger partial charge in [-0.3, -0.25) is 4.79 Å². The standard InChI is InChI=1S/C12H17FN2O3S/c1-4-14-11(16)7-15-19(17,18)12-8(2)5-10(13)6-9(12)3/h5-6,15H,4,7H2,1-3H3,(H,14,16). The lowest BCUT2D eigenvalue weighted by molar-refractivity contribution is -0.119. The number of benzene rings is 1. The van der Waals surface area contributed by atoms with Gasteiger partial charge in [-0.05, 0) is 44.0 Å². The van der Waals surface area contributed by atoms with Crippen molar-refractivity contribution in [3.05, 3.63) is 29.1 Å². The molecule has 106 valence electrons. The lowest BCUT2D eigenvalue weighted by atomic mass is 10.1. The van der Waals surface area contributed by atoms with Crippen molar-refractivity contribution in [2.24, 2.45) is 0 Å². The molecule has 0 aliphatic rings. The van der Waals surface area contributed by atoms with E-state index in [2.05, 4.69) is 10.0 Å². The summed E-state index contributed by atoms with van der Waals surface area (Å²) in [5.41, 5.74) is 0.613. The van der Waals surface area contributed by atoms with Gasteiger partial charge in [0.2, 0.25) is 15.9 Å². The van der Waals surface area contributed by atoms with Gasteiger partial charge in [0.1, 0.15) is 5.82 Å². The Bertz CT molecular complexity index is 562. The summed E-state index contributed by atoms with van der Waals surface area (Å²) in [5.74, 6) is -0.902. The van der Waals surface area contributed by atoms with Crippen LogP contribution in [0.25, 0.3) is 0 Å². The fourth-order valence-electron chi connectivity index (χ4n) is 1.81. The Labute approximate surface area is 112 Å². The SMILES string of the molecule is CCNC(=O)CNS(=O)(=O)c1c(C)cc(F)cc1C. The van der Waals surface area contributed by atoms with Crippen LogP contribution in [0, 0.1) is 19.7 Å². The molecule has 1 rings (SSSR count). The molecular weight excluding hydrogens is 271 g/mol. The molecule has 0 heterocycles. The highest BCUT2D eigenvalue weighted by Crippen LogP contribution is 2.20. The highest BCUT2D eigenvalue weighted by molar-refractivity contribution is 7.89. The number of carbonyl (C=O) groups excluding carboxylic acids is 1. The minimum atomic E-state index is -3.83. The van der Waals surface area contributed by atoms with Crippen LogP contribution in [0.5, 0.6) is 0 Å². The van der Waals surface area contributed by atoms with Crippen molar-refractivity contribution in [1.29, 1.82) is 0 Å². The van der Waals surface area contributed by atoms with Crippen molar-refractivity contribution in [2.45, 2.75) is 25.7 Å². The number of aryl methyl sites for hydroxylation is 2. The van der Waals surface area contributed by atoms with Crippen molar-refractivity contribution < 1.29 is 17.6 Å². The Morgan fingerprint density at radius 3 is 2.26 bits per heavy atom. The summed E-state index contributed by atoms with van der Waals surface area (Å²) in [5, 5.41) is 2.48. The number of nitrogens with one attached hydrogen (secondary N) is 2. The van der Waals surface area contributed by atoms with E-state index in [1.165, 1.54) is 13.8 Å². The van der Waals surface area contributed by atoms with E-state index in [1.54, 1.807) is 6.92 Å². The molecule has 0 spiro atoms. The summed E-state index contributed by atoms with van der Waals surface area (Å²) in [4.78, 5) is 11.3. The topological polar surface area (TPSA) is 75.3 Å². The van der Waals surface area contributed by atoms with Gasteiger partial charge in [0.15, 0.2) is 0 Å². The van der Waals surface area contributed by atoms with Crippen molar-refractivity contribution in [3.63, 3.8) is 0 Å². The van der Waals surface area contributed by atoms with E-state index in [0.29, 0.717) is 17.7 Å². The first-order valence-corrected chi connectivity index (χ1v) is 7.29. The first kappa shape index (κ1) is 15.6. The van der Waals surface area contributed by atoms with Crippen LogP contribution in [0.4, 0.5) is 4.39 Å². The third kappa shape index (κ3) is 4.00. The molecule has 0 aliphatic carbocycles. The normalized spacial score (nSPS) is 11.4. The van der Waals surface area contributed by atoms with Crippen molar-refractivity contribution >= 4 is 15.9 Å². The van der Waals surface area contributed by atoms with Gasteiger partial charge in [-0.1, -0.05) is 0 Å². The van der Waals surface area contributed by atoms with Gasteiger partial charge in [0, 0.05) is 6.54 Å². The largest absolute Gasteiger partial charge is 0.355 e. The fourth-order valence-corrected chi connectivity index (χ4v) is 3.24. The molecule has 1 amide bonds. The van der Waals surface area contributed by atoms with Gasteiger partial charge in [-0.15, -0.1) is 0 Å². The monoisotopic (exact) mass is 288 g/mol. The average Bonchev–Trinajstić information content (AvgIpc) is 2.25. The second-order valence-corrected chi connectivity index (χ2v) is 5.85. The van der Waals surface area contributed by atoms with Crippen LogP contribution in [0.3, 0.4) is 0 Å². The summed E-state index contributed by atoms with van der Waals surface area (Å²) in [6, 6.07) is 2.29. The minimum Gasteiger partial charge on any atom is -0.355 e. The average molecular weight is 288 g/mol. The van der Waals surface area contributed by atoms with E-state index in [0.717, 1.165) is 12.1 Å². The maximum absolute atomic E-state index is 13.1. The minimum absolute atomic E-state index is 0.0122. The number of carbonyl (C=O) groups is 1. The number of hydrogen-bond acceptors (Lipinski definition) is 3. The van der Waals surface area contributed by atoms with Crippen molar-refractivity contribution in [1.82, 2.24) is 10.0 Å². The zero-order chi connectivity index (χ0) is 14.6. The first-order valence-electron chi connectivity index (χ1n) is 5.81. The van der Waals surface area contributed by atoms with E-state index in [4.69, 9.17) is 0 Å². The Morgan fingerprint density at radius 1 is 1.26 bits per heavy atom. The molecule has 5 nitrogen and oxygen atoms in total. The number of likely N-dealkylation sites (N-methyl/N-ethyl adjacent to an activating group) is 1. The van der Waals surface area contributed by atoms with Crippen molar-refractivity contribution in [2.75, 3.05) is 13.1 Å². The highest BCUT2D eigenvalue weighted by atomic mass is 32.2. The second kappa shape index (κ2) is 6.12. The van der Waals surface area contributed by atoms with Gasteiger partial charge in [-0.2, -0.15) is 0 Å². The Hall–Kier alpha value is -1.47. The lowest BCUT2D eigenvalue weighted by Gasteiger charge is -2.12. The lowest BCUT2D eigenvalue weighted by Crippen LogP contribution is -2.37. The van der Waals surface area contributed by atoms with E-state index in [9.17, 15) is 17.6 Å². The summed E-state index contributed by atoms with van der Waals surface area (Å²) >= 11 is 0. The molecule has 0 saturated carbocycles. The molecule has 0 unspecified atom stereocenters. The molecule has 1 aromatic carbocycles. The second-order valence-electron chi connectivity index (χ2n) is 4.15. The summed E-state index contributed by atoms with van der Waals surface area (Å²) in [6.07, 6.45) is 0. The third-order valence-corrected chi connectivity index (χ3v) is 4.20. The number of halogens is 1. The third-order valence-electron chi connectivity index (χ3n) is 2.49. The summed E-state index contributed by atoms with van der Waals surface area (Å²) in [7, 11) is -3.83. The molecule has 0 atom stereocenters. The van der Waals surface area contributed by atoms with Crippen LogP contribution in [0.2, 0.25) is 0 Å². The van der Waals surface area contributed by atoms with Gasteiger partial charge in [0.25, 0.3) is 0 Å². The summed E-state index contributed by atoms with van der Waals surface area (Å²) in [6.45, 7) is 4.84. The van der Waals surface area contributed by atoms with E-state index in [-0.39, 0.29) is 11.4 Å². The smallest absolute Gasteiger partial charge is 0.241 e. The molecular formula is C12H17FN2O3S. The predicted octanol–water partition coefficient (Wildman–Crippen LogP) is 0.857. The van der Waals surface area contributed by atoms with Gasteiger partial charge in [-0.25, -0.2) is 17.5 Å². The Morgan fingerprint density at radius 2 is 1.79 bits per heavy atom. The molecule has 0 fully saturated rings. The maximum Gasteiger partial charge on any atom is 0.241 e. The van der Waals surface area contributed by atoms with Gasteiger partial charge in [0.05, 0.1) is 11.4 Å². The molecule has 2 N–H and O–H groups in total. The Kier molecular flexibility index (Phi) is 5.02. The van der Waals surface area contributed by atoms with Crippen LogP contribution < -0.4 is 10.0 Å². The van der Waals surface area contributed by atoms with E-state index in [1.807, 2.05) is 0 Å². The first-order chi connectivity index (χ1) is 8.77. The highest BCUT2D eigenvalue weighted by Gasteiger charge is 2.20. The number of amides is 1. The maximum atomic E-state index is 13.1. The van der Waals surface area contributed by atoms with Crippen LogP contribution in [0.1, 0.15) is 18.1 Å². The van der Waals surface area contributed by atoms with Crippen LogP contribution in [-0.4, -0.2) is 27.4 Å². The fraction of sp³-hybridized carbons (Fsp3) is 0.417. The molecule has 0 aromatic heterocycles. The van der Waals surface area contributed by atoms with Gasteiger partial charge >= 0.3 is 0 Å². The van der Waals surface area contributed by atoms with E-state index >= 15 is 0 Å². The number of rotatable bonds is 5. The van der Waals surface area contributed by atoms with Crippen LogP contribution >= 0.6 is 0 Å². The molecule has 0 bridgehead atoms. The predicted molar refractivity (Wildman–Crippen MR) is 69.7 cm³/mol. The van der Waals surface area contributed by atoms with Crippen LogP contribution in [0.15, 0.2) is 17.0 Å². The van der Waals surface area contributed by atoms with E-state index < -0.39 is 21.7 Å². The molecule has 7 heteroatoms. The van der Waals surface area contributed by atoms with Crippen LogP contribution in [-0.2, 0) is 14.8 Å². The molecule has 1 aromatic rings. The quantitative estimate of drug-likeness (QED) is 0.843.